The summed E-state index contributed by atoms with van der Waals surface area (Å²) in [7, 11) is 3.25. The predicted octanol–water partition coefficient (Wildman–Crippen LogP) is 5.85. The van der Waals surface area contributed by atoms with Crippen LogP contribution in [0.2, 0.25) is 0 Å². The number of nitrogens with one attached hydrogen (secondary N) is 1. The van der Waals surface area contributed by atoms with Gasteiger partial charge in [0.1, 0.15) is 11.5 Å². The Balaban J connectivity index is 1.45. The van der Waals surface area contributed by atoms with Crippen LogP contribution in [0.4, 0.5) is 0 Å². The molecule has 39 heavy (non-hydrogen) atoms. The summed E-state index contributed by atoms with van der Waals surface area (Å²) in [6.45, 7) is 2.14. The van der Waals surface area contributed by atoms with Crippen LogP contribution >= 0.6 is 0 Å². The maximum absolute atomic E-state index is 13.8. The molecular weight excluding hydrogens is 490 g/mol. The number of hydrogen-bond donors (Lipinski definition) is 1. The van der Waals surface area contributed by atoms with Crippen molar-refractivity contribution in [2.75, 3.05) is 20.8 Å². The molecule has 200 valence electrons. The van der Waals surface area contributed by atoms with Gasteiger partial charge in [-0.3, -0.25) is 4.79 Å². The van der Waals surface area contributed by atoms with E-state index in [1.54, 1.807) is 14.2 Å². The van der Waals surface area contributed by atoms with Crippen LogP contribution < -0.4 is 14.8 Å². The smallest absolute Gasteiger partial charge is 0.336 e. The van der Waals surface area contributed by atoms with E-state index in [-0.39, 0.29) is 18.3 Å². The van der Waals surface area contributed by atoms with Gasteiger partial charge in [-0.05, 0) is 60.2 Å². The van der Waals surface area contributed by atoms with Crippen LogP contribution in [-0.2, 0) is 20.7 Å². The highest BCUT2D eigenvalue weighted by Crippen LogP contribution is 2.46. The molecule has 3 aromatic rings. The van der Waals surface area contributed by atoms with Crippen LogP contribution in [0.25, 0.3) is 0 Å². The van der Waals surface area contributed by atoms with E-state index in [4.69, 9.17) is 14.2 Å². The molecule has 5 rings (SSSR count). The first kappa shape index (κ1) is 26.3. The van der Waals surface area contributed by atoms with Crippen molar-refractivity contribution in [1.82, 2.24) is 5.32 Å². The van der Waals surface area contributed by atoms with Crippen molar-refractivity contribution in [3.63, 3.8) is 0 Å². The van der Waals surface area contributed by atoms with Gasteiger partial charge >= 0.3 is 5.97 Å². The number of rotatable bonds is 8. The Morgan fingerprint density at radius 3 is 2.08 bits per heavy atom. The third kappa shape index (κ3) is 5.60. The third-order valence-corrected chi connectivity index (χ3v) is 7.55. The highest BCUT2D eigenvalue weighted by atomic mass is 16.5. The molecule has 1 N–H and O–H groups in total. The molecule has 0 amide bonds. The molecule has 0 saturated heterocycles. The topological polar surface area (TPSA) is 73.9 Å². The van der Waals surface area contributed by atoms with Gasteiger partial charge in [0.2, 0.25) is 0 Å². The fourth-order valence-electron chi connectivity index (χ4n) is 5.54. The number of allylic oxidation sites excluding steroid dienone is 3. The lowest BCUT2D eigenvalue weighted by Gasteiger charge is -2.36. The standard InChI is InChI=1S/C33H33NO5/c1-21-30(33(36)39-18-17-22-7-5-4-6-8-22)31(24-11-15-27(38-3)16-12-24)32-28(34-21)19-25(20-29(32)35)23-9-13-26(37-2)14-10-23/h4-16,25,31,34H,17-20H2,1-3H3/t25-,31-/m1/s1. The highest BCUT2D eigenvalue weighted by Gasteiger charge is 2.41. The predicted molar refractivity (Wildman–Crippen MR) is 150 cm³/mol. The summed E-state index contributed by atoms with van der Waals surface area (Å²) in [6, 6.07) is 25.4. The van der Waals surface area contributed by atoms with Gasteiger partial charge in [-0.15, -0.1) is 0 Å². The summed E-state index contributed by atoms with van der Waals surface area (Å²) in [5.74, 6) is 0.648. The number of benzene rings is 3. The van der Waals surface area contributed by atoms with Crippen molar-refractivity contribution < 1.29 is 23.8 Å². The van der Waals surface area contributed by atoms with Gasteiger partial charge in [0.05, 0.1) is 26.4 Å². The minimum atomic E-state index is -0.513. The van der Waals surface area contributed by atoms with Crippen LogP contribution in [0.1, 0.15) is 48.3 Å². The van der Waals surface area contributed by atoms with E-state index < -0.39 is 11.9 Å². The molecule has 2 atom stereocenters. The van der Waals surface area contributed by atoms with Crippen LogP contribution in [0.5, 0.6) is 11.5 Å². The second-order valence-corrected chi connectivity index (χ2v) is 9.94. The monoisotopic (exact) mass is 523 g/mol. The molecule has 0 bridgehead atoms. The number of ether oxygens (including phenoxy) is 3. The Morgan fingerprint density at radius 2 is 1.46 bits per heavy atom. The molecule has 0 saturated carbocycles. The van der Waals surface area contributed by atoms with E-state index in [1.165, 1.54) is 0 Å². The first-order valence-electron chi connectivity index (χ1n) is 13.2. The van der Waals surface area contributed by atoms with Crippen molar-refractivity contribution in [2.45, 2.75) is 38.0 Å². The summed E-state index contributed by atoms with van der Waals surface area (Å²) in [5.41, 5.74) is 5.74. The molecule has 1 aliphatic carbocycles. The first-order valence-corrected chi connectivity index (χ1v) is 13.2. The van der Waals surface area contributed by atoms with Gasteiger partial charge in [-0.1, -0.05) is 54.6 Å². The van der Waals surface area contributed by atoms with Crippen molar-refractivity contribution in [1.29, 1.82) is 0 Å². The number of methoxy groups -OCH3 is 2. The lowest BCUT2D eigenvalue weighted by Crippen LogP contribution is -2.36. The van der Waals surface area contributed by atoms with Crippen molar-refractivity contribution in [2.24, 2.45) is 0 Å². The maximum Gasteiger partial charge on any atom is 0.336 e. The van der Waals surface area contributed by atoms with Gasteiger partial charge in [0.15, 0.2) is 5.78 Å². The summed E-state index contributed by atoms with van der Waals surface area (Å²) in [6.07, 6.45) is 1.67. The first-order chi connectivity index (χ1) is 19.0. The van der Waals surface area contributed by atoms with Crippen LogP contribution in [0, 0.1) is 0 Å². The van der Waals surface area contributed by atoms with Crippen molar-refractivity contribution >= 4 is 11.8 Å². The van der Waals surface area contributed by atoms with Gasteiger partial charge in [-0.25, -0.2) is 4.79 Å². The number of carbonyl (C=O) groups is 2. The molecule has 0 fully saturated rings. The zero-order valence-corrected chi connectivity index (χ0v) is 22.5. The Morgan fingerprint density at radius 1 is 0.846 bits per heavy atom. The summed E-state index contributed by atoms with van der Waals surface area (Å²) in [5, 5.41) is 3.42. The van der Waals surface area contributed by atoms with Gasteiger partial charge in [0.25, 0.3) is 0 Å². The average molecular weight is 524 g/mol. The lowest BCUT2D eigenvalue weighted by atomic mass is 9.71. The Kier molecular flexibility index (Phi) is 7.82. The van der Waals surface area contributed by atoms with Crippen LogP contribution in [0.15, 0.2) is 101 Å². The lowest BCUT2D eigenvalue weighted by molar-refractivity contribution is -0.139. The molecule has 6 nitrogen and oxygen atoms in total. The molecule has 6 heteroatoms. The fourth-order valence-corrected chi connectivity index (χ4v) is 5.54. The average Bonchev–Trinajstić information content (AvgIpc) is 2.97. The van der Waals surface area contributed by atoms with Crippen molar-refractivity contribution in [3.05, 3.63) is 118 Å². The summed E-state index contributed by atoms with van der Waals surface area (Å²) in [4.78, 5) is 27.3. The molecule has 0 unspecified atom stereocenters. The van der Waals surface area contributed by atoms with E-state index in [1.807, 2.05) is 85.8 Å². The number of hydrogen-bond acceptors (Lipinski definition) is 6. The number of dihydropyridines is 1. The quantitative estimate of drug-likeness (QED) is 0.374. The Bertz CT molecular complexity index is 1400. The van der Waals surface area contributed by atoms with Crippen LogP contribution in [-0.4, -0.2) is 32.6 Å². The molecule has 0 aromatic heterocycles. The van der Waals surface area contributed by atoms with E-state index in [0.717, 1.165) is 28.1 Å². The second kappa shape index (κ2) is 11.6. The highest BCUT2D eigenvalue weighted by molar-refractivity contribution is 6.04. The van der Waals surface area contributed by atoms with Crippen molar-refractivity contribution in [3.8, 4) is 11.5 Å². The number of Topliss-reactive ketones (excluding diaryl/α,β-unsaturated/α-hetero) is 1. The number of ketones is 1. The molecule has 2 aliphatic rings. The second-order valence-electron chi connectivity index (χ2n) is 9.94. The summed E-state index contributed by atoms with van der Waals surface area (Å²) < 4.78 is 16.4. The molecule has 1 heterocycles. The molecule has 3 aromatic carbocycles. The van der Waals surface area contributed by atoms with E-state index in [2.05, 4.69) is 5.32 Å². The van der Waals surface area contributed by atoms with E-state index >= 15 is 0 Å². The van der Waals surface area contributed by atoms with Crippen LogP contribution in [0.3, 0.4) is 0 Å². The van der Waals surface area contributed by atoms with Gasteiger partial charge in [-0.2, -0.15) is 0 Å². The molecule has 0 radical (unpaired) electrons. The zero-order chi connectivity index (χ0) is 27.4. The normalized spacial score (nSPS) is 18.8. The Labute approximate surface area is 229 Å². The third-order valence-electron chi connectivity index (χ3n) is 7.55. The number of esters is 1. The fraction of sp³-hybridized carbons (Fsp3) is 0.273. The maximum atomic E-state index is 13.8. The minimum absolute atomic E-state index is 0.0347. The SMILES string of the molecule is COc1ccc([C@H]2CC(=O)C3=C(C2)NC(C)=C(C(=O)OCCc2ccccc2)[C@H]3c2ccc(OC)cc2)cc1. The van der Waals surface area contributed by atoms with Gasteiger partial charge < -0.3 is 19.5 Å². The molecule has 1 aliphatic heterocycles. The minimum Gasteiger partial charge on any atom is -0.497 e. The number of carbonyl (C=O) groups excluding carboxylic acids is 2. The Hall–Kier alpha value is -4.32. The molecule has 0 spiro atoms. The van der Waals surface area contributed by atoms with Gasteiger partial charge in [0, 0.05) is 35.7 Å². The largest absolute Gasteiger partial charge is 0.497 e. The van der Waals surface area contributed by atoms with E-state index in [0.29, 0.717) is 41.9 Å². The zero-order valence-electron chi connectivity index (χ0n) is 22.5. The molecular formula is C33H33NO5. The summed E-state index contributed by atoms with van der Waals surface area (Å²) >= 11 is 0. The van der Waals surface area contributed by atoms with E-state index in [9.17, 15) is 9.59 Å².